The van der Waals surface area contributed by atoms with Gasteiger partial charge in [0.15, 0.2) is 0 Å². The van der Waals surface area contributed by atoms with E-state index in [4.69, 9.17) is 4.74 Å². The molecule has 1 rings (SSSR count). The molecule has 1 saturated heterocycles. The van der Waals surface area contributed by atoms with Crippen molar-refractivity contribution in [1.29, 1.82) is 0 Å². The van der Waals surface area contributed by atoms with Crippen LogP contribution in [0, 0.1) is 0 Å². The van der Waals surface area contributed by atoms with Gasteiger partial charge in [-0.2, -0.15) is 0 Å². The Morgan fingerprint density at radius 3 is 2.60 bits per heavy atom. The highest BCUT2D eigenvalue weighted by atomic mass is 16.5. The molecule has 0 saturated carbocycles. The number of carbonyl (C=O) groups excluding carboxylic acids is 1. The van der Waals surface area contributed by atoms with E-state index < -0.39 is 0 Å². The van der Waals surface area contributed by atoms with E-state index in [-0.39, 0.29) is 17.6 Å². The van der Waals surface area contributed by atoms with Crippen LogP contribution in [-0.4, -0.2) is 24.7 Å². The van der Waals surface area contributed by atoms with Gasteiger partial charge in [-0.1, -0.05) is 0 Å². The number of β-lactam (4-membered cyclic amide) rings is 1. The average molecular weight is 143 g/mol. The molecule has 1 N–H and O–H groups in total. The molecule has 2 atom stereocenters. The zero-order valence-electron chi connectivity index (χ0n) is 6.60. The highest BCUT2D eigenvalue weighted by molar-refractivity contribution is 5.84. The molecular formula is C7H13NO2. The zero-order valence-corrected chi connectivity index (χ0v) is 6.60. The van der Waals surface area contributed by atoms with Crippen molar-refractivity contribution in [3.05, 3.63) is 0 Å². The molecule has 1 amide bonds. The number of hydrogen-bond donors (Lipinski definition) is 1. The maximum Gasteiger partial charge on any atom is 0.222 e. The number of ether oxygens (including phenoxy) is 1. The molecule has 1 aliphatic rings. The van der Waals surface area contributed by atoms with Crippen LogP contribution in [0.3, 0.4) is 0 Å². The average Bonchev–Trinajstić information content (AvgIpc) is 1.83. The smallest absolute Gasteiger partial charge is 0.222 e. The van der Waals surface area contributed by atoms with Crippen LogP contribution in [0.4, 0.5) is 0 Å². The number of hydrogen-bond acceptors (Lipinski definition) is 2. The first-order valence-electron chi connectivity index (χ1n) is 3.42. The van der Waals surface area contributed by atoms with Gasteiger partial charge in [-0.15, -0.1) is 0 Å². The maximum absolute atomic E-state index is 10.6. The first kappa shape index (κ1) is 7.54. The summed E-state index contributed by atoms with van der Waals surface area (Å²) >= 11 is 0. The number of rotatable bonds is 2. The van der Waals surface area contributed by atoms with Crippen LogP contribution in [0.2, 0.25) is 0 Å². The third-order valence-electron chi connectivity index (χ3n) is 2.20. The van der Waals surface area contributed by atoms with Gasteiger partial charge in [0.05, 0.1) is 18.1 Å². The molecule has 0 bridgehead atoms. The Morgan fingerprint density at radius 1 is 1.80 bits per heavy atom. The molecular weight excluding hydrogens is 130 g/mol. The van der Waals surface area contributed by atoms with Crippen molar-refractivity contribution < 1.29 is 9.53 Å². The molecule has 10 heavy (non-hydrogen) atoms. The highest BCUT2D eigenvalue weighted by Crippen LogP contribution is 2.24. The summed E-state index contributed by atoms with van der Waals surface area (Å²) in [5.74, 6) is 0.117. The van der Waals surface area contributed by atoms with E-state index >= 15 is 0 Å². The predicted octanol–water partition coefficient (Wildman–Crippen LogP) is 0.300. The van der Waals surface area contributed by atoms with Crippen molar-refractivity contribution in [2.24, 2.45) is 0 Å². The normalized spacial score (nSPS) is 34.5. The van der Waals surface area contributed by atoms with Gasteiger partial charge in [0.2, 0.25) is 5.91 Å². The zero-order chi connectivity index (χ0) is 7.78. The number of amides is 1. The van der Waals surface area contributed by atoms with Crippen molar-refractivity contribution in [1.82, 2.24) is 5.32 Å². The molecule has 58 valence electrons. The van der Waals surface area contributed by atoms with Crippen LogP contribution in [0.1, 0.15) is 20.3 Å². The summed E-state index contributed by atoms with van der Waals surface area (Å²) in [6.45, 7) is 3.95. The minimum absolute atomic E-state index is 0.102. The summed E-state index contributed by atoms with van der Waals surface area (Å²) in [5.41, 5.74) is -0.119. The topological polar surface area (TPSA) is 38.3 Å². The fourth-order valence-electron chi connectivity index (χ4n) is 1.14. The first-order chi connectivity index (χ1) is 4.58. The number of nitrogens with one attached hydrogen (secondary N) is 1. The molecule has 0 spiro atoms. The van der Waals surface area contributed by atoms with E-state index in [1.54, 1.807) is 7.11 Å². The summed E-state index contributed by atoms with van der Waals surface area (Å²) < 4.78 is 5.09. The van der Waals surface area contributed by atoms with E-state index in [1.807, 2.05) is 13.8 Å². The maximum atomic E-state index is 10.6. The van der Waals surface area contributed by atoms with E-state index in [0.29, 0.717) is 6.42 Å². The van der Waals surface area contributed by atoms with E-state index in [1.165, 1.54) is 0 Å². The quantitative estimate of drug-likeness (QED) is 0.564. The molecule has 1 fully saturated rings. The fourth-order valence-corrected chi connectivity index (χ4v) is 1.14. The van der Waals surface area contributed by atoms with Crippen molar-refractivity contribution in [2.45, 2.75) is 31.9 Å². The third-order valence-corrected chi connectivity index (χ3v) is 2.20. The van der Waals surface area contributed by atoms with Crippen molar-refractivity contribution in [3.63, 3.8) is 0 Å². The third kappa shape index (κ3) is 1.01. The summed E-state index contributed by atoms with van der Waals surface area (Å²) in [7, 11) is 1.65. The molecule has 1 aliphatic heterocycles. The first-order valence-corrected chi connectivity index (χ1v) is 3.42. The Kier molecular flexibility index (Phi) is 1.68. The molecule has 0 radical (unpaired) electrons. The molecule has 1 heterocycles. The molecule has 3 nitrogen and oxygen atoms in total. The lowest BCUT2D eigenvalue weighted by molar-refractivity contribution is -0.137. The summed E-state index contributed by atoms with van der Waals surface area (Å²) in [6.07, 6.45) is 0.687. The van der Waals surface area contributed by atoms with Gasteiger partial charge >= 0.3 is 0 Å². The minimum atomic E-state index is -0.119. The summed E-state index contributed by atoms with van der Waals surface area (Å²) in [6, 6.07) is 0. The van der Waals surface area contributed by atoms with E-state index in [2.05, 4.69) is 5.32 Å². The molecule has 0 aromatic heterocycles. The van der Waals surface area contributed by atoms with Gasteiger partial charge in [-0.25, -0.2) is 0 Å². The van der Waals surface area contributed by atoms with Gasteiger partial charge in [0.25, 0.3) is 0 Å². The van der Waals surface area contributed by atoms with Crippen LogP contribution in [0.5, 0.6) is 0 Å². The van der Waals surface area contributed by atoms with Crippen LogP contribution in [0.15, 0.2) is 0 Å². The van der Waals surface area contributed by atoms with Gasteiger partial charge in [0.1, 0.15) is 0 Å². The Bertz CT molecular complexity index is 148. The van der Waals surface area contributed by atoms with Crippen molar-refractivity contribution in [3.8, 4) is 0 Å². The molecule has 0 aliphatic carbocycles. The van der Waals surface area contributed by atoms with Crippen LogP contribution < -0.4 is 5.32 Å². The van der Waals surface area contributed by atoms with Crippen molar-refractivity contribution in [2.75, 3.05) is 7.11 Å². The van der Waals surface area contributed by atoms with Gasteiger partial charge < -0.3 is 10.1 Å². The van der Waals surface area contributed by atoms with Crippen LogP contribution >= 0.6 is 0 Å². The number of methoxy groups -OCH3 is 1. The second-order valence-electron chi connectivity index (χ2n) is 3.02. The Labute approximate surface area is 60.7 Å². The molecule has 2 unspecified atom stereocenters. The number of carbonyl (C=O) groups is 1. The van der Waals surface area contributed by atoms with Gasteiger partial charge in [-0.05, 0) is 13.8 Å². The molecule has 0 aromatic carbocycles. The van der Waals surface area contributed by atoms with Crippen molar-refractivity contribution >= 4 is 5.91 Å². The van der Waals surface area contributed by atoms with Gasteiger partial charge in [0, 0.05) is 7.11 Å². The van der Waals surface area contributed by atoms with E-state index in [0.717, 1.165) is 0 Å². The summed E-state index contributed by atoms with van der Waals surface area (Å²) in [5, 5.41) is 2.81. The van der Waals surface area contributed by atoms with E-state index in [9.17, 15) is 4.79 Å². The fraction of sp³-hybridized carbons (Fsp3) is 0.857. The van der Waals surface area contributed by atoms with Crippen LogP contribution in [0.25, 0.3) is 0 Å². The molecule has 0 aromatic rings. The Balaban J connectivity index is 2.47. The second-order valence-corrected chi connectivity index (χ2v) is 3.02. The Hall–Kier alpha value is -0.570. The Morgan fingerprint density at radius 2 is 2.30 bits per heavy atom. The second kappa shape index (κ2) is 2.23. The van der Waals surface area contributed by atoms with Crippen LogP contribution in [-0.2, 0) is 9.53 Å². The summed E-state index contributed by atoms with van der Waals surface area (Å²) in [4.78, 5) is 10.6. The minimum Gasteiger partial charge on any atom is -0.379 e. The standard InChI is InChI=1S/C7H13NO2/c1-5(10-3)7(2)4-6(9)8-7/h5H,4H2,1-3H3,(H,8,9). The lowest BCUT2D eigenvalue weighted by Crippen LogP contribution is -2.64. The lowest BCUT2D eigenvalue weighted by atomic mass is 9.84. The largest absolute Gasteiger partial charge is 0.379 e. The lowest BCUT2D eigenvalue weighted by Gasteiger charge is -2.42. The molecule has 3 heteroatoms. The monoisotopic (exact) mass is 143 g/mol. The predicted molar refractivity (Wildman–Crippen MR) is 37.6 cm³/mol. The highest BCUT2D eigenvalue weighted by Gasteiger charge is 2.42. The van der Waals surface area contributed by atoms with Gasteiger partial charge in [-0.3, -0.25) is 4.79 Å². The SMILES string of the molecule is COC(C)C1(C)CC(=O)N1.